The summed E-state index contributed by atoms with van der Waals surface area (Å²) in [6, 6.07) is 6.77. The van der Waals surface area contributed by atoms with Gasteiger partial charge in [0, 0.05) is 18.5 Å². The van der Waals surface area contributed by atoms with Crippen molar-refractivity contribution in [2.45, 2.75) is 6.54 Å². The van der Waals surface area contributed by atoms with Gasteiger partial charge in [0.1, 0.15) is 6.54 Å². The average Bonchev–Trinajstić information content (AvgIpc) is 2.91. The minimum absolute atomic E-state index is 0.136. The Kier molecular flexibility index (Phi) is 2.76. The zero-order valence-corrected chi connectivity index (χ0v) is 10.3. The van der Waals surface area contributed by atoms with E-state index in [1.54, 1.807) is 18.2 Å². The molecular weight excluding hydrogens is 262 g/mol. The lowest BCUT2D eigenvalue weighted by Gasteiger charge is -2.07. The number of hydrogen-bond donors (Lipinski definition) is 0. The molecule has 0 atom stereocenters. The standard InChI is InChI=1S/C13H9N3O4/c14-3-4-15-5-6-16(13(18)12(15)17)9-1-2-10-11(7-9)20-8-19-10/h1-2,5-7H,4,8H2. The second-order valence-electron chi connectivity index (χ2n) is 4.10. The lowest BCUT2D eigenvalue weighted by molar-refractivity contribution is 0.174. The molecule has 1 aliphatic rings. The molecule has 0 unspecified atom stereocenters. The first-order chi connectivity index (χ1) is 9.70. The van der Waals surface area contributed by atoms with Crippen molar-refractivity contribution in [2.75, 3.05) is 6.79 Å². The van der Waals surface area contributed by atoms with Gasteiger partial charge in [0.2, 0.25) is 6.79 Å². The van der Waals surface area contributed by atoms with Gasteiger partial charge >= 0.3 is 11.1 Å². The van der Waals surface area contributed by atoms with Crippen LogP contribution in [0.1, 0.15) is 0 Å². The lowest BCUT2D eigenvalue weighted by Crippen LogP contribution is -2.39. The molecule has 2 aromatic rings. The summed E-state index contributed by atoms with van der Waals surface area (Å²) in [5.74, 6) is 1.12. The Hall–Kier alpha value is -3.01. The number of aromatic nitrogens is 2. The van der Waals surface area contributed by atoms with E-state index in [0.29, 0.717) is 17.2 Å². The molecule has 20 heavy (non-hydrogen) atoms. The van der Waals surface area contributed by atoms with E-state index in [9.17, 15) is 9.59 Å². The Morgan fingerprint density at radius 2 is 1.95 bits per heavy atom. The SMILES string of the molecule is N#CCn1ccn(-c2ccc3c(c2)OCO3)c(=O)c1=O. The molecule has 1 aliphatic heterocycles. The van der Waals surface area contributed by atoms with Crippen molar-refractivity contribution in [2.24, 2.45) is 0 Å². The van der Waals surface area contributed by atoms with E-state index in [2.05, 4.69) is 0 Å². The molecule has 3 rings (SSSR count). The van der Waals surface area contributed by atoms with Crippen LogP contribution in [-0.4, -0.2) is 15.9 Å². The second-order valence-corrected chi connectivity index (χ2v) is 4.10. The monoisotopic (exact) mass is 271 g/mol. The second kappa shape index (κ2) is 4.59. The van der Waals surface area contributed by atoms with Crippen LogP contribution in [0.2, 0.25) is 0 Å². The van der Waals surface area contributed by atoms with Crippen LogP contribution in [0.25, 0.3) is 5.69 Å². The van der Waals surface area contributed by atoms with Crippen LogP contribution in [-0.2, 0) is 6.54 Å². The number of ether oxygens (including phenoxy) is 2. The van der Waals surface area contributed by atoms with Crippen molar-refractivity contribution in [3.63, 3.8) is 0 Å². The fourth-order valence-electron chi connectivity index (χ4n) is 1.95. The van der Waals surface area contributed by atoms with E-state index < -0.39 is 11.1 Å². The number of hydrogen-bond acceptors (Lipinski definition) is 5. The Balaban J connectivity index is 2.12. The Morgan fingerprint density at radius 1 is 1.15 bits per heavy atom. The summed E-state index contributed by atoms with van der Waals surface area (Å²) >= 11 is 0. The molecule has 0 saturated carbocycles. The van der Waals surface area contributed by atoms with Crippen molar-refractivity contribution < 1.29 is 9.47 Å². The van der Waals surface area contributed by atoms with Crippen molar-refractivity contribution in [3.8, 4) is 23.3 Å². The fourth-order valence-corrected chi connectivity index (χ4v) is 1.95. The molecular formula is C13H9N3O4. The van der Waals surface area contributed by atoms with Gasteiger partial charge < -0.3 is 9.47 Å². The number of benzene rings is 1. The van der Waals surface area contributed by atoms with Gasteiger partial charge in [-0.25, -0.2) is 0 Å². The van der Waals surface area contributed by atoms with Crippen molar-refractivity contribution in [3.05, 3.63) is 51.3 Å². The largest absolute Gasteiger partial charge is 0.454 e. The summed E-state index contributed by atoms with van der Waals surface area (Å²) in [7, 11) is 0. The van der Waals surface area contributed by atoms with Gasteiger partial charge in [-0.1, -0.05) is 0 Å². The highest BCUT2D eigenvalue weighted by Gasteiger charge is 2.15. The van der Waals surface area contributed by atoms with E-state index in [1.807, 2.05) is 6.07 Å². The summed E-state index contributed by atoms with van der Waals surface area (Å²) in [6.45, 7) is -0.0203. The van der Waals surface area contributed by atoms with E-state index in [-0.39, 0.29) is 13.3 Å². The maximum atomic E-state index is 12.0. The van der Waals surface area contributed by atoms with Crippen LogP contribution < -0.4 is 20.6 Å². The van der Waals surface area contributed by atoms with Gasteiger partial charge in [-0.3, -0.25) is 18.7 Å². The van der Waals surface area contributed by atoms with E-state index >= 15 is 0 Å². The summed E-state index contributed by atoms with van der Waals surface area (Å²) < 4.78 is 12.7. The average molecular weight is 271 g/mol. The zero-order chi connectivity index (χ0) is 14.1. The minimum atomic E-state index is -0.744. The van der Waals surface area contributed by atoms with Gasteiger partial charge in [0.25, 0.3) is 0 Å². The van der Waals surface area contributed by atoms with Gasteiger partial charge in [-0.15, -0.1) is 0 Å². The molecule has 0 radical (unpaired) electrons. The number of nitrogens with zero attached hydrogens (tertiary/aromatic N) is 3. The normalized spacial score (nSPS) is 12.2. The molecule has 2 heterocycles. The Bertz CT molecular complexity index is 829. The first kappa shape index (κ1) is 12.0. The molecule has 1 aromatic heterocycles. The number of nitriles is 1. The van der Waals surface area contributed by atoms with Gasteiger partial charge in [0.15, 0.2) is 11.5 Å². The molecule has 0 fully saturated rings. The third-order valence-corrected chi connectivity index (χ3v) is 2.93. The van der Waals surface area contributed by atoms with Gasteiger partial charge in [-0.05, 0) is 12.1 Å². The van der Waals surface area contributed by atoms with Crippen LogP contribution >= 0.6 is 0 Å². The van der Waals surface area contributed by atoms with Crippen molar-refractivity contribution in [1.82, 2.24) is 9.13 Å². The predicted molar refractivity (Wildman–Crippen MR) is 68.0 cm³/mol. The predicted octanol–water partition coefficient (Wildman–Crippen LogP) is 0.251. The zero-order valence-electron chi connectivity index (χ0n) is 10.3. The van der Waals surface area contributed by atoms with Crippen LogP contribution in [0.4, 0.5) is 0 Å². The summed E-state index contributed by atoms with van der Waals surface area (Å²) in [5.41, 5.74) is -0.964. The quantitative estimate of drug-likeness (QED) is 0.731. The molecule has 0 spiro atoms. The van der Waals surface area contributed by atoms with Gasteiger partial charge in [0.05, 0.1) is 11.8 Å². The van der Waals surface area contributed by atoms with Crippen molar-refractivity contribution in [1.29, 1.82) is 5.26 Å². The van der Waals surface area contributed by atoms with E-state index in [1.165, 1.54) is 17.0 Å². The van der Waals surface area contributed by atoms with Crippen LogP contribution in [0.5, 0.6) is 11.5 Å². The highest BCUT2D eigenvalue weighted by molar-refractivity contribution is 5.49. The van der Waals surface area contributed by atoms with Crippen LogP contribution in [0.3, 0.4) is 0 Å². The molecule has 0 saturated heterocycles. The Morgan fingerprint density at radius 3 is 2.75 bits per heavy atom. The molecule has 0 aliphatic carbocycles. The molecule has 1 aromatic carbocycles. The molecule has 0 N–H and O–H groups in total. The first-order valence-electron chi connectivity index (χ1n) is 5.80. The van der Waals surface area contributed by atoms with E-state index in [0.717, 1.165) is 4.57 Å². The van der Waals surface area contributed by atoms with E-state index in [4.69, 9.17) is 14.7 Å². The number of fused-ring (bicyclic) bond motifs is 1. The van der Waals surface area contributed by atoms with Crippen LogP contribution in [0.15, 0.2) is 40.2 Å². The third kappa shape index (κ3) is 1.83. The third-order valence-electron chi connectivity index (χ3n) is 2.93. The highest BCUT2D eigenvalue weighted by atomic mass is 16.7. The maximum Gasteiger partial charge on any atom is 0.321 e. The maximum absolute atomic E-state index is 12.0. The van der Waals surface area contributed by atoms with Gasteiger partial charge in [-0.2, -0.15) is 5.26 Å². The fraction of sp³-hybridized carbons (Fsp3) is 0.154. The summed E-state index contributed by atoms with van der Waals surface area (Å²) in [6.07, 6.45) is 2.84. The van der Waals surface area contributed by atoms with Crippen molar-refractivity contribution >= 4 is 0 Å². The molecule has 100 valence electrons. The summed E-state index contributed by atoms with van der Waals surface area (Å²) in [4.78, 5) is 23.8. The Labute approximate surface area is 112 Å². The summed E-state index contributed by atoms with van der Waals surface area (Å²) in [5, 5.41) is 8.58. The topological polar surface area (TPSA) is 86.2 Å². The molecule has 0 amide bonds. The number of rotatable bonds is 2. The minimum Gasteiger partial charge on any atom is -0.454 e. The van der Waals surface area contributed by atoms with Crippen LogP contribution in [0, 0.1) is 11.3 Å². The molecule has 7 heteroatoms. The highest BCUT2D eigenvalue weighted by Crippen LogP contribution is 2.33. The molecule has 0 bridgehead atoms. The first-order valence-corrected chi connectivity index (χ1v) is 5.80. The lowest BCUT2D eigenvalue weighted by atomic mass is 10.2. The molecule has 7 nitrogen and oxygen atoms in total. The smallest absolute Gasteiger partial charge is 0.321 e.